The Morgan fingerprint density at radius 3 is 2.13 bits per heavy atom. The standard InChI is InChI=1S/C18H21N3O.ClH/c1-13-4-6-14(7-5-13)11-19-12-15-8-9-16-17(10-15)21(3)18(22)20(16)2;/h4-10,19H,11-12H2,1-3H3;1H. The average molecular weight is 332 g/mol. The Morgan fingerprint density at radius 2 is 1.43 bits per heavy atom. The molecule has 4 nitrogen and oxygen atoms in total. The van der Waals surface area contributed by atoms with E-state index in [0.29, 0.717) is 0 Å². The summed E-state index contributed by atoms with van der Waals surface area (Å²) in [6.07, 6.45) is 0. The fourth-order valence-electron chi connectivity index (χ4n) is 2.72. The van der Waals surface area contributed by atoms with Crippen molar-refractivity contribution in [3.05, 3.63) is 69.6 Å². The lowest BCUT2D eigenvalue weighted by Crippen LogP contribution is -2.19. The maximum absolute atomic E-state index is 11.9. The van der Waals surface area contributed by atoms with Crippen molar-refractivity contribution < 1.29 is 0 Å². The highest BCUT2D eigenvalue weighted by molar-refractivity contribution is 5.85. The van der Waals surface area contributed by atoms with Crippen LogP contribution in [-0.4, -0.2) is 9.13 Å². The number of aromatic nitrogens is 2. The molecule has 0 saturated carbocycles. The molecule has 0 unspecified atom stereocenters. The summed E-state index contributed by atoms with van der Waals surface area (Å²) in [5, 5.41) is 3.45. The number of nitrogens with one attached hydrogen (secondary N) is 1. The van der Waals surface area contributed by atoms with E-state index in [4.69, 9.17) is 0 Å². The van der Waals surface area contributed by atoms with Gasteiger partial charge in [-0.1, -0.05) is 35.9 Å². The number of hydrogen-bond donors (Lipinski definition) is 1. The van der Waals surface area contributed by atoms with Gasteiger partial charge in [-0.2, -0.15) is 0 Å². The van der Waals surface area contributed by atoms with Gasteiger partial charge in [0.15, 0.2) is 0 Å². The number of hydrogen-bond acceptors (Lipinski definition) is 2. The quantitative estimate of drug-likeness (QED) is 0.798. The van der Waals surface area contributed by atoms with Gasteiger partial charge in [-0.05, 0) is 30.2 Å². The normalized spacial score (nSPS) is 10.7. The minimum Gasteiger partial charge on any atom is -0.309 e. The number of imidazole rings is 1. The molecule has 0 fully saturated rings. The molecule has 3 aromatic rings. The molecule has 3 rings (SSSR count). The zero-order chi connectivity index (χ0) is 15.7. The summed E-state index contributed by atoms with van der Waals surface area (Å²) in [6.45, 7) is 3.72. The lowest BCUT2D eigenvalue weighted by Gasteiger charge is -2.06. The number of rotatable bonds is 4. The van der Waals surface area contributed by atoms with E-state index in [2.05, 4.69) is 48.6 Å². The molecule has 2 aromatic carbocycles. The number of halogens is 1. The Kier molecular flexibility index (Phi) is 5.29. The highest BCUT2D eigenvalue weighted by atomic mass is 35.5. The van der Waals surface area contributed by atoms with Crippen molar-refractivity contribution in [3.8, 4) is 0 Å². The molecule has 122 valence electrons. The summed E-state index contributed by atoms with van der Waals surface area (Å²) in [5.74, 6) is 0. The molecule has 0 aliphatic heterocycles. The molecular formula is C18H22ClN3O. The number of benzene rings is 2. The molecule has 5 heteroatoms. The van der Waals surface area contributed by atoms with Crippen LogP contribution in [0, 0.1) is 6.92 Å². The first-order valence-electron chi connectivity index (χ1n) is 7.47. The van der Waals surface area contributed by atoms with Crippen molar-refractivity contribution in [2.45, 2.75) is 20.0 Å². The van der Waals surface area contributed by atoms with Crippen LogP contribution in [0.15, 0.2) is 47.3 Å². The maximum Gasteiger partial charge on any atom is 0.328 e. The molecule has 0 aliphatic rings. The van der Waals surface area contributed by atoms with Crippen LogP contribution in [0.2, 0.25) is 0 Å². The largest absolute Gasteiger partial charge is 0.328 e. The highest BCUT2D eigenvalue weighted by Gasteiger charge is 2.07. The van der Waals surface area contributed by atoms with Gasteiger partial charge in [-0.25, -0.2) is 4.79 Å². The molecule has 1 aromatic heterocycles. The van der Waals surface area contributed by atoms with Gasteiger partial charge in [0.25, 0.3) is 0 Å². The smallest absolute Gasteiger partial charge is 0.309 e. The minimum atomic E-state index is 0. The van der Waals surface area contributed by atoms with E-state index in [1.807, 2.05) is 13.1 Å². The van der Waals surface area contributed by atoms with Gasteiger partial charge in [-0.3, -0.25) is 9.13 Å². The predicted molar refractivity (Wildman–Crippen MR) is 97.1 cm³/mol. The molecule has 23 heavy (non-hydrogen) atoms. The van der Waals surface area contributed by atoms with Crippen LogP contribution in [0.3, 0.4) is 0 Å². The third kappa shape index (κ3) is 3.49. The predicted octanol–water partition coefficient (Wildman–Crippen LogP) is 2.90. The molecule has 0 bridgehead atoms. The Bertz CT molecular complexity index is 862. The topological polar surface area (TPSA) is 39.0 Å². The Labute approximate surface area is 142 Å². The first-order valence-corrected chi connectivity index (χ1v) is 7.47. The van der Waals surface area contributed by atoms with E-state index in [9.17, 15) is 4.79 Å². The first-order chi connectivity index (χ1) is 10.6. The van der Waals surface area contributed by atoms with E-state index in [1.165, 1.54) is 16.7 Å². The number of fused-ring (bicyclic) bond motifs is 1. The van der Waals surface area contributed by atoms with E-state index in [-0.39, 0.29) is 18.1 Å². The van der Waals surface area contributed by atoms with Gasteiger partial charge in [0.05, 0.1) is 11.0 Å². The number of nitrogens with zero attached hydrogens (tertiary/aromatic N) is 2. The lowest BCUT2D eigenvalue weighted by molar-refractivity contribution is 0.693. The molecule has 1 heterocycles. The molecular weight excluding hydrogens is 310 g/mol. The molecule has 0 amide bonds. The van der Waals surface area contributed by atoms with Crippen LogP contribution in [0.1, 0.15) is 16.7 Å². The van der Waals surface area contributed by atoms with Gasteiger partial charge >= 0.3 is 5.69 Å². The van der Waals surface area contributed by atoms with Crippen molar-refractivity contribution in [3.63, 3.8) is 0 Å². The second-order valence-electron chi connectivity index (χ2n) is 5.81. The van der Waals surface area contributed by atoms with Gasteiger partial charge in [-0.15, -0.1) is 12.4 Å². The Balaban J connectivity index is 0.00000192. The van der Waals surface area contributed by atoms with Crippen molar-refractivity contribution in [1.82, 2.24) is 14.5 Å². The summed E-state index contributed by atoms with van der Waals surface area (Å²) in [5.41, 5.74) is 5.69. The zero-order valence-corrected chi connectivity index (χ0v) is 14.5. The first kappa shape index (κ1) is 17.3. The molecule has 0 atom stereocenters. The van der Waals surface area contributed by atoms with Gasteiger partial charge in [0.1, 0.15) is 0 Å². The third-order valence-corrected chi connectivity index (χ3v) is 4.12. The molecule has 0 aliphatic carbocycles. The van der Waals surface area contributed by atoms with Gasteiger partial charge < -0.3 is 5.32 Å². The van der Waals surface area contributed by atoms with Crippen LogP contribution >= 0.6 is 12.4 Å². The Morgan fingerprint density at radius 1 is 0.870 bits per heavy atom. The van der Waals surface area contributed by atoms with E-state index in [0.717, 1.165) is 24.1 Å². The van der Waals surface area contributed by atoms with Crippen molar-refractivity contribution in [2.75, 3.05) is 0 Å². The lowest BCUT2D eigenvalue weighted by atomic mass is 10.1. The van der Waals surface area contributed by atoms with E-state index < -0.39 is 0 Å². The second-order valence-corrected chi connectivity index (χ2v) is 5.81. The molecule has 0 radical (unpaired) electrons. The summed E-state index contributed by atoms with van der Waals surface area (Å²) >= 11 is 0. The third-order valence-electron chi connectivity index (χ3n) is 4.12. The van der Waals surface area contributed by atoms with Crippen molar-refractivity contribution in [1.29, 1.82) is 0 Å². The minimum absolute atomic E-state index is 0. The van der Waals surface area contributed by atoms with Crippen LogP contribution in [0.5, 0.6) is 0 Å². The van der Waals surface area contributed by atoms with E-state index in [1.54, 1.807) is 16.2 Å². The molecule has 0 spiro atoms. The summed E-state index contributed by atoms with van der Waals surface area (Å²) in [6, 6.07) is 14.7. The monoisotopic (exact) mass is 331 g/mol. The maximum atomic E-state index is 11.9. The highest BCUT2D eigenvalue weighted by Crippen LogP contribution is 2.14. The van der Waals surface area contributed by atoms with E-state index >= 15 is 0 Å². The van der Waals surface area contributed by atoms with Gasteiger partial charge in [0, 0.05) is 27.2 Å². The summed E-state index contributed by atoms with van der Waals surface area (Å²) in [4.78, 5) is 11.9. The molecule has 1 N–H and O–H groups in total. The molecule has 0 saturated heterocycles. The number of aryl methyl sites for hydroxylation is 3. The van der Waals surface area contributed by atoms with Crippen LogP contribution in [0.4, 0.5) is 0 Å². The fourth-order valence-corrected chi connectivity index (χ4v) is 2.72. The van der Waals surface area contributed by atoms with Crippen LogP contribution in [0.25, 0.3) is 11.0 Å². The van der Waals surface area contributed by atoms with Crippen LogP contribution < -0.4 is 11.0 Å². The SMILES string of the molecule is Cc1ccc(CNCc2ccc3c(c2)n(C)c(=O)n3C)cc1.Cl. The Hall–Kier alpha value is -2.04. The summed E-state index contributed by atoms with van der Waals surface area (Å²) in [7, 11) is 3.62. The van der Waals surface area contributed by atoms with Crippen molar-refractivity contribution >= 4 is 23.4 Å². The average Bonchev–Trinajstić information content (AvgIpc) is 2.74. The zero-order valence-electron chi connectivity index (χ0n) is 13.7. The van der Waals surface area contributed by atoms with Gasteiger partial charge in [0.2, 0.25) is 0 Å². The van der Waals surface area contributed by atoms with Crippen molar-refractivity contribution in [2.24, 2.45) is 14.1 Å². The second kappa shape index (κ2) is 7.02. The fraction of sp³-hybridized carbons (Fsp3) is 0.278. The summed E-state index contributed by atoms with van der Waals surface area (Å²) < 4.78 is 3.37. The van der Waals surface area contributed by atoms with Crippen LogP contribution in [-0.2, 0) is 27.2 Å².